The zero-order chi connectivity index (χ0) is 16.5. The molecule has 11 heteroatoms. The molecule has 0 fully saturated rings. The van der Waals surface area contributed by atoms with E-state index in [1.54, 1.807) is 0 Å². The quantitative estimate of drug-likeness (QED) is 0.680. The number of rotatable bonds is 3. The molecule has 1 amide bonds. The van der Waals surface area contributed by atoms with Gasteiger partial charge in [0.25, 0.3) is 0 Å². The van der Waals surface area contributed by atoms with Gasteiger partial charge in [-0.15, -0.1) is 0 Å². The summed E-state index contributed by atoms with van der Waals surface area (Å²) in [5, 5.41) is 0.108. The second kappa shape index (κ2) is 5.37. The van der Waals surface area contributed by atoms with Crippen molar-refractivity contribution in [3.05, 3.63) is 30.1 Å². The van der Waals surface area contributed by atoms with Gasteiger partial charge in [-0.25, -0.2) is 9.18 Å². The first-order chi connectivity index (χ1) is 9.37. The van der Waals surface area contributed by atoms with Gasteiger partial charge in [-0.2, -0.15) is 30.7 Å². The molecule has 1 N–H and O–H groups in total. The average Bonchev–Trinajstić information content (AvgIpc) is 2.29. The predicted octanol–water partition coefficient (Wildman–Crippen LogP) is 3.70. The lowest BCUT2D eigenvalue weighted by Crippen LogP contribution is -2.61. The van der Waals surface area contributed by atoms with Crippen molar-refractivity contribution < 1.29 is 44.7 Å². The van der Waals surface area contributed by atoms with Gasteiger partial charge in [0.2, 0.25) is 0 Å². The number of halogens is 8. The Morgan fingerprint density at radius 1 is 0.952 bits per heavy atom. The van der Waals surface area contributed by atoms with Crippen LogP contribution in [-0.4, -0.2) is 24.2 Å². The van der Waals surface area contributed by atoms with E-state index in [1.807, 2.05) is 0 Å². The Hall–Kier alpha value is -2.07. The summed E-state index contributed by atoms with van der Waals surface area (Å²) in [7, 11) is 0. The zero-order valence-electron chi connectivity index (χ0n) is 9.65. The summed E-state index contributed by atoms with van der Waals surface area (Å²) in [6, 6.07) is -2.90. The summed E-state index contributed by atoms with van der Waals surface area (Å²) < 4.78 is 102. The summed E-state index contributed by atoms with van der Waals surface area (Å²) in [5.74, 6) is -7.82. The first kappa shape index (κ1) is 17.0. The van der Waals surface area contributed by atoms with Gasteiger partial charge in [-0.3, -0.25) is 5.32 Å². The van der Waals surface area contributed by atoms with Gasteiger partial charge in [0.05, 0.1) is 0 Å². The number of alkyl halides is 7. The van der Waals surface area contributed by atoms with Crippen LogP contribution in [0.15, 0.2) is 24.3 Å². The van der Waals surface area contributed by atoms with Gasteiger partial charge in [0, 0.05) is 0 Å². The molecule has 1 aromatic rings. The van der Waals surface area contributed by atoms with E-state index in [9.17, 15) is 39.9 Å². The molecule has 118 valence electrons. The highest BCUT2D eigenvalue weighted by molar-refractivity contribution is 5.71. The number of hydrogen-bond acceptors (Lipinski definition) is 2. The summed E-state index contributed by atoms with van der Waals surface area (Å²) in [6.07, 6.45) is -8.85. The Balaban J connectivity index is 2.79. The largest absolute Gasteiger partial charge is 0.462 e. The topological polar surface area (TPSA) is 38.3 Å². The molecule has 0 spiro atoms. The fourth-order valence-corrected chi connectivity index (χ4v) is 1.02. The molecule has 0 aliphatic heterocycles. The van der Waals surface area contributed by atoms with E-state index >= 15 is 0 Å². The lowest BCUT2D eigenvalue weighted by atomic mass is 10.2. The van der Waals surface area contributed by atoms with Crippen LogP contribution in [0, 0.1) is 5.82 Å². The van der Waals surface area contributed by atoms with E-state index in [4.69, 9.17) is 0 Å². The van der Waals surface area contributed by atoms with Crippen LogP contribution in [-0.2, 0) is 0 Å². The maximum absolute atomic E-state index is 12.8. The minimum atomic E-state index is -6.58. The summed E-state index contributed by atoms with van der Waals surface area (Å²) in [4.78, 5) is 10.9. The third-order valence-electron chi connectivity index (χ3n) is 2.03. The molecule has 0 saturated heterocycles. The van der Waals surface area contributed by atoms with Gasteiger partial charge < -0.3 is 4.74 Å². The number of carbonyl (C=O) groups excluding carboxylic acids is 1. The first-order valence-electron chi connectivity index (χ1n) is 4.95. The molecule has 0 radical (unpaired) electrons. The summed E-state index contributed by atoms with van der Waals surface area (Å²) in [5.41, 5.74) is 0. The van der Waals surface area contributed by atoms with Crippen LogP contribution in [0.3, 0.4) is 0 Å². The third-order valence-corrected chi connectivity index (χ3v) is 2.03. The van der Waals surface area contributed by atoms with Crippen molar-refractivity contribution in [3.8, 4) is 5.75 Å². The highest BCUT2D eigenvalue weighted by Gasteiger charge is 2.74. The fourth-order valence-electron chi connectivity index (χ4n) is 1.02. The SMILES string of the molecule is O=C(NC(F)(F)C(F)(F)C(F)(F)F)Oc1ccc(F)cc1. The van der Waals surface area contributed by atoms with E-state index in [1.165, 1.54) is 0 Å². The predicted molar refractivity (Wildman–Crippen MR) is 51.5 cm³/mol. The maximum atomic E-state index is 12.8. The number of benzene rings is 1. The minimum Gasteiger partial charge on any atom is -0.410 e. The Labute approximate surface area is 111 Å². The molecule has 0 aliphatic carbocycles. The number of hydrogen-bond donors (Lipinski definition) is 1. The van der Waals surface area contributed by atoms with Crippen molar-refractivity contribution in [2.75, 3.05) is 0 Å². The maximum Gasteiger partial charge on any atom is 0.462 e. The molecular weight excluding hydrogens is 318 g/mol. The second-order valence-electron chi connectivity index (χ2n) is 3.61. The van der Waals surface area contributed by atoms with Crippen LogP contribution in [0.25, 0.3) is 0 Å². The highest BCUT2D eigenvalue weighted by Crippen LogP contribution is 2.45. The summed E-state index contributed by atoms with van der Waals surface area (Å²) in [6.45, 7) is 0. The number of amides is 1. The molecule has 0 heterocycles. The van der Waals surface area contributed by atoms with Crippen LogP contribution >= 0.6 is 0 Å². The molecule has 3 nitrogen and oxygen atoms in total. The molecule has 0 aromatic heterocycles. The lowest BCUT2D eigenvalue weighted by molar-refractivity contribution is -0.359. The van der Waals surface area contributed by atoms with E-state index in [-0.39, 0.29) is 5.32 Å². The van der Waals surface area contributed by atoms with E-state index < -0.39 is 35.8 Å². The normalized spacial score (nSPS) is 13.0. The van der Waals surface area contributed by atoms with Crippen LogP contribution in [0.2, 0.25) is 0 Å². The van der Waals surface area contributed by atoms with Gasteiger partial charge in [-0.05, 0) is 24.3 Å². The molecular formula is C10H5F8NO2. The summed E-state index contributed by atoms with van der Waals surface area (Å²) >= 11 is 0. The first-order valence-corrected chi connectivity index (χ1v) is 4.95. The van der Waals surface area contributed by atoms with Crippen molar-refractivity contribution in [1.82, 2.24) is 5.32 Å². The van der Waals surface area contributed by atoms with Crippen LogP contribution in [0.4, 0.5) is 39.9 Å². The van der Waals surface area contributed by atoms with E-state index in [0.717, 1.165) is 24.3 Å². The van der Waals surface area contributed by atoms with Crippen LogP contribution < -0.4 is 10.1 Å². The second-order valence-corrected chi connectivity index (χ2v) is 3.61. The van der Waals surface area contributed by atoms with Gasteiger partial charge in [0.15, 0.2) is 0 Å². The molecule has 0 unspecified atom stereocenters. The number of nitrogens with one attached hydrogen (secondary N) is 1. The van der Waals surface area contributed by atoms with Crippen LogP contribution in [0.1, 0.15) is 0 Å². The Morgan fingerprint density at radius 2 is 1.43 bits per heavy atom. The molecule has 0 saturated carbocycles. The van der Waals surface area contributed by atoms with Crippen molar-refractivity contribution in [1.29, 1.82) is 0 Å². The van der Waals surface area contributed by atoms with E-state index in [0.29, 0.717) is 0 Å². The molecule has 0 aliphatic rings. The van der Waals surface area contributed by atoms with Crippen molar-refractivity contribution in [2.24, 2.45) is 0 Å². The Kier molecular flexibility index (Phi) is 4.34. The molecule has 21 heavy (non-hydrogen) atoms. The smallest absolute Gasteiger partial charge is 0.410 e. The fraction of sp³-hybridized carbons (Fsp3) is 0.300. The van der Waals surface area contributed by atoms with Gasteiger partial charge >= 0.3 is 24.2 Å². The standard InChI is InChI=1S/C10H5F8NO2/c11-5-1-3-6(4-2-5)21-7(20)19-10(17,18)8(12,13)9(14,15)16/h1-4H,(H,19,20). The van der Waals surface area contributed by atoms with Crippen molar-refractivity contribution in [3.63, 3.8) is 0 Å². The molecule has 0 atom stereocenters. The monoisotopic (exact) mass is 323 g/mol. The molecule has 1 rings (SSSR count). The average molecular weight is 323 g/mol. The van der Waals surface area contributed by atoms with Crippen molar-refractivity contribution >= 4 is 6.09 Å². The third kappa shape index (κ3) is 3.73. The zero-order valence-corrected chi connectivity index (χ0v) is 9.65. The molecule has 1 aromatic carbocycles. The minimum absolute atomic E-state index is 0.108. The van der Waals surface area contributed by atoms with Gasteiger partial charge in [0.1, 0.15) is 11.6 Å². The van der Waals surface area contributed by atoms with Gasteiger partial charge in [-0.1, -0.05) is 0 Å². The highest BCUT2D eigenvalue weighted by atomic mass is 19.4. The van der Waals surface area contributed by atoms with E-state index in [2.05, 4.69) is 4.74 Å². The van der Waals surface area contributed by atoms with Crippen LogP contribution in [0.5, 0.6) is 5.75 Å². The number of ether oxygens (including phenoxy) is 1. The number of carbonyl (C=O) groups is 1. The Morgan fingerprint density at radius 3 is 1.86 bits per heavy atom. The molecule has 0 bridgehead atoms. The Bertz CT molecular complexity index is 511. The lowest BCUT2D eigenvalue weighted by Gasteiger charge is -2.27. The van der Waals surface area contributed by atoms with Crippen molar-refractivity contribution in [2.45, 2.75) is 18.1 Å².